The second-order valence-electron chi connectivity index (χ2n) is 10.6. The highest BCUT2D eigenvalue weighted by Gasteiger charge is 2.42. The van der Waals surface area contributed by atoms with E-state index in [2.05, 4.69) is 9.88 Å². The molecule has 0 saturated carbocycles. The minimum absolute atomic E-state index is 0.0129. The SMILES string of the molecule is Cc1cccc(C(O)(F)C(=O)N2CCC(CC3CCN(c4ccc(C(=O)N(C)C)c(Cl)n4)CC3)CC2)c1. The second kappa shape index (κ2) is 11.4. The molecule has 1 unspecified atom stereocenters. The van der Waals surface area contributed by atoms with Crippen molar-refractivity contribution in [3.8, 4) is 0 Å². The molecule has 2 fully saturated rings. The maximum atomic E-state index is 15.1. The van der Waals surface area contributed by atoms with Crippen LogP contribution >= 0.6 is 11.6 Å². The van der Waals surface area contributed by atoms with Crippen molar-refractivity contribution in [3.63, 3.8) is 0 Å². The molecule has 0 aliphatic carbocycles. The lowest BCUT2D eigenvalue weighted by Gasteiger charge is -2.38. The van der Waals surface area contributed by atoms with Gasteiger partial charge >= 0.3 is 5.85 Å². The number of aryl methyl sites for hydroxylation is 1. The van der Waals surface area contributed by atoms with E-state index in [0.717, 1.165) is 56.6 Å². The zero-order chi connectivity index (χ0) is 26.7. The Balaban J connectivity index is 1.25. The number of carbonyl (C=O) groups is 2. The highest BCUT2D eigenvalue weighted by Crippen LogP contribution is 2.34. The predicted molar refractivity (Wildman–Crippen MR) is 142 cm³/mol. The van der Waals surface area contributed by atoms with Gasteiger partial charge in [-0.25, -0.2) is 4.98 Å². The van der Waals surface area contributed by atoms with Gasteiger partial charge in [0, 0.05) is 45.8 Å². The number of hydrogen-bond donors (Lipinski definition) is 1. The number of hydrogen-bond acceptors (Lipinski definition) is 5. The fourth-order valence-corrected chi connectivity index (χ4v) is 5.66. The Morgan fingerprint density at radius 2 is 1.70 bits per heavy atom. The normalized spacial score (nSPS) is 19.0. The predicted octanol–water partition coefficient (Wildman–Crippen LogP) is 4.41. The molecule has 1 aromatic carbocycles. The molecule has 0 bridgehead atoms. The number of nitrogens with zero attached hydrogens (tertiary/aromatic N) is 4. The van der Waals surface area contributed by atoms with Crippen LogP contribution in [-0.4, -0.2) is 72.0 Å². The van der Waals surface area contributed by atoms with Crippen molar-refractivity contribution in [2.45, 2.75) is 44.9 Å². The minimum atomic E-state index is -3.00. The maximum Gasteiger partial charge on any atom is 0.312 e. The number of likely N-dealkylation sites (tertiary alicyclic amines) is 1. The average molecular weight is 531 g/mol. The molecule has 200 valence electrons. The lowest BCUT2D eigenvalue weighted by Crippen LogP contribution is -2.48. The zero-order valence-corrected chi connectivity index (χ0v) is 22.5. The third-order valence-corrected chi connectivity index (χ3v) is 7.95. The van der Waals surface area contributed by atoms with Gasteiger partial charge in [-0.2, -0.15) is 4.39 Å². The van der Waals surface area contributed by atoms with Crippen LogP contribution in [0.15, 0.2) is 36.4 Å². The summed E-state index contributed by atoms with van der Waals surface area (Å²) in [6.07, 6.45) is 4.78. The molecule has 1 aromatic heterocycles. The zero-order valence-electron chi connectivity index (χ0n) is 21.8. The lowest BCUT2D eigenvalue weighted by molar-refractivity contribution is -0.176. The summed E-state index contributed by atoms with van der Waals surface area (Å²) in [4.78, 5) is 34.6. The van der Waals surface area contributed by atoms with Crippen molar-refractivity contribution in [3.05, 3.63) is 58.2 Å². The molecule has 2 amide bonds. The fourth-order valence-electron chi connectivity index (χ4n) is 5.43. The van der Waals surface area contributed by atoms with E-state index in [-0.39, 0.29) is 16.6 Å². The van der Waals surface area contributed by atoms with Crippen molar-refractivity contribution in [2.24, 2.45) is 11.8 Å². The fraction of sp³-hybridized carbons (Fsp3) is 0.536. The van der Waals surface area contributed by atoms with Crippen LogP contribution in [0, 0.1) is 18.8 Å². The van der Waals surface area contributed by atoms with Gasteiger partial charge in [0.15, 0.2) is 0 Å². The highest BCUT2D eigenvalue weighted by molar-refractivity contribution is 6.32. The van der Waals surface area contributed by atoms with Gasteiger partial charge < -0.3 is 19.8 Å². The number of rotatable bonds is 6. The Labute approximate surface area is 223 Å². The lowest BCUT2D eigenvalue weighted by atomic mass is 9.82. The van der Waals surface area contributed by atoms with Crippen molar-refractivity contribution < 1.29 is 19.1 Å². The molecule has 3 heterocycles. The molecule has 0 radical (unpaired) electrons. The first-order chi connectivity index (χ1) is 17.6. The Bertz CT molecular complexity index is 1130. The topological polar surface area (TPSA) is 77.0 Å². The quantitative estimate of drug-likeness (QED) is 0.560. The molecule has 4 rings (SSSR count). The van der Waals surface area contributed by atoms with E-state index in [1.165, 1.54) is 21.9 Å². The van der Waals surface area contributed by atoms with Crippen LogP contribution in [0.5, 0.6) is 0 Å². The Morgan fingerprint density at radius 1 is 1.08 bits per heavy atom. The number of amides is 2. The van der Waals surface area contributed by atoms with Gasteiger partial charge in [-0.15, -0.1) is 0 Å². The van der Waals surface area contributed by atoms with Gasteiger partial charge in [0.05, 0.1) is 5.56 Å². The van der Waals surface area contributed by atoms with Gasteiger partial charge in [-0.1, -0.05) is 35.4 Å². The van der Waals surface area contributed by atoms with Gasteiger partial charge in [0.2, 0.25) is 0 Å². The number of carbonyl (C=O) groups excluding carboxylic acids is 2. The molecule has 2 aliphatic rings. The van der Waals surface area contributed by atoms with Crippen LogP contribution in [0.2, 0.25) is 5.15 Å². The van der Waals surface area contributed by atoms with Crippen LogP contribution in [0.25, 0.3) is 0 Å². The van der Waals surface area contributed by atoms with E-state index in [0.29, 0.717) is 30.5 Å². The first kappa shape index (κ1) is 27.3. The molecule has 2 saturated heterocycles. The maximum absolute atomic E-state index is 15.1. The summed E-state index contributed by atoms with van der Waals surface area (Å²) in [7, 11) is 3.37. The number of aromatic nitrogens is 1. The van der Waals surface area contributed by atoms with Crippen LogP contribution in [0.3, 0.4) is 0 Å². The molecule has 1 atom stereocenters. The van der Waals surface area contributed by atoms with Crippen LogP contribution in [-0.2, 0) is 10.6 Å². The number of anilines is 1. The van der Waals surface area contributed by atoms with Gasteiger partial charge in [-0.3, -0.25) is 9.59 Å². The third-order valence-electron chi connectivity index (χ3n) is 7.66. The Morgan fingerprint density at radius 3 is 2.27 bits per heavy atom. The van der Waals surface area contributed by atoms with E-state index in [4.69, 9.17) is 11.6 Å². The second-order valence-corrected chi connectivity index (χ2v) is 11.0. The average Bonchev–Trinajstić information content (AvgIpc) is 2.88. The molecular weight excluding hydrogens is 495 g/mol. The summed E-state index contributed by atoms with van der Waals surface area (Å²) in [6, 6.07) is 10.0. The van der Waals surface area contributed by atoms with E-state index in [1.54, 1.807) is 39.2 Å². The number of benzene rings is 1. The van der Waals surface area contributed by atoms with Crippen LogP contribution in [0.4, 0.5) is 10.2 Å². The van der Waals surface area contributed by atoms with Gasteiger partial charge in [0.1, 0.15) is 11.0 Å². The molecule has 2 aliphatic heterocycles. The molecule has 1 N–H and O–H groups in total. The number of aliphatic hydroxyl groups is 1. The van der Waals surface area contributed by atoms with E-state index in [9.17, 15) is 14.7 Å². The van der Waals surface area contributed by atoms with Crippen LogP contribution in [0.1, 0.15) is 53.6 Å². The Hall–Kier alpha value is -2.71. The molecule has 0 spiro atoms. The summed E-state index contributed by atoms with van der Waals surface area (Å²) >= 11 is 6.30. The van der Waals surface area contributed by atoms with Crippen molar-refractivity contribution in [2.75, 3.05) is 45.2 Å². The number of halogens is 2. The summed E-state index contributed by atoms with van der Waals surface area (Å²) < 4.78 is 15.1. The number of pyridine rings is 1. The first-order valence-electron chi connectivity index (χ1n) is 13.0. The van der Waals surface area contributed by atoms with Crippen molar-refractivity contribution in [1.82, 2.24) is 14.8 Å². The minimum Gasteiger partial charge on any atom is -0.357 e. The third kappa shape index (κ3) is 6.24. The smallest absolute Gasteiger partial charge is 0.312 e. The molecule has 37 heavy (non-hydrogen) atoms. The van der Waals surface area contributed by atoms with E-state index in [1.807, 2.05) is 6.07 Å². The summed E-state index contributed by atoms with van der Waals surface area (Å²) in [5.41, 5.74) is 1.18. The summed E-state index contributed by atoms with van der Waals surface area (Å²) in [6.45, 7) is 4.47. The Kier molecular flexibility index (Phi) is 8.39. The number of alkyl halides is 1. The van der Waals surface area contributed by atoms with Crippen molar-refractivity contribution in [1.29, 1.82) is 0 Å². The van der Waals surface area contributed by atoms with Crippen molar-refractivity contribution >= 4 is 29.2 Å². The largest absolute Gasteiger partial charge is 0.357 e. The first-order valence-corrected chi connectivity index (χ1v) is 13.3. The highest BCUT2D eigenvalue weighted by atomic mass is 35.5. The van der Waals surface area contributed by atoms with E-state index < -0.39 is 11.8 Å². The molecule has 9 heteroatoms. The molecule has 2 aromatic rings. The number of piperidine rings is 2. The van der Waals surface area contributed by atoms with Gasteiger partial charge in [0.25, 0.3) is 11.8 Å². The van der Waals surface area contributed by atoms with E-state index >= 15 is 4.39 Å². The standard InChI is InChI=1S/C28H36ClFN4O3/c1-19-5-4-6-22(17-19)28(30,37)27(36)34-15-11-21(12-16-34)18-20-9-13-33(14-10-20)24-8-7-23(25(29)31-24)26(35)32(2)3/h4-8,17,20-21,37H,9-16,18H2,1-3H3. The monoisotopic (exact) mass is 530 g/mol. The summed E-state index contributed by atoms with van der Waals surface area (Å²) in [5, 5.41) is 10.6. The molecular formula is C28H36ClFN4O3. The van der Waals surface area contributed by atoms with Crippen LogP contribution < -0.4 is 4.90 Å². The molecule has 7 nitrogen and oxygen atoms in total. The van der Waals surface area contributed by atoms with Gasteiger partial charge in [-0.05, 0) is 69.1 Å². The summed E-state index contributed by atoms with van der Waals surface area (Å²) in [5.74, 6) is -2.18.